The van der Waals surface area contributed by atoms with Gasteiger partial charge in [-0.2, -0.15) is 18.2 Å². The molecule has 34 heavy (non-hydrogen) atoms. The third-order valence-corrected chi connectivity index (χ3v) is 5.14. The lowest BCUT2D eigenvalue weighted by Crippen LogP contribution is -2.23. The average molecular weight is 498 g/mol. The van der Waals surface area contributed by atoms with Crippen LogP contribution in [0.4, 0.5) is 36.4 Å². The number of aliphatic hydroxyl groups excluding tert-OH is 2. The number of aromatic nitrogens is 4. The Bertz CT molecular complexity index is 1150. The lowest BCUT2D eigenvalue weighted by molar-refractivity contribution is -0.137. The summed E-state index contributed by atoms with van der Waals surface area (Å²) in [6, 6.07) is 6.12. The van der Waals surface area contributed by atoms with Crippen molar-refractivity contribution in [2.45, 2.75) is 18.8 Å². The molecule has 1 aromatic carbocycles. The highest BCUT2D eigenvalue weighted by molar-refractivity contribution is 7.80. The highest BCUT2D eigenvalue weighted by Crippen LogP contribution is 2.34. The third-order valence-electron chi connectivity index (χ3n) is 4.52. The maximum absolute atomic E-state index is 13.5. The van der Waals surface area contributed by atoms with Crippen LogP contribution in [0.3, 0.4) is 0 Å². The Kier molecular flexibility index (Phi) is 7.93. The second-order valence-corrected chi connectivity index (χ2v) is 7.78. The Labute approximate surface area is 194 Å². The zero-order valence-corrected chi connectivity index (χ0v) is 18.3. The van der Waals surface area contributed by atoms with Crippen LogP contribution >= 0.6 is 0 Å². The van der Waals surface area contributed by atoms with Gasteiger partial charge in [0.25, 0.3) is 0 Å². The third kappa shape index (κ3) is 6.13. The molecule has 15 heteroatoms. The quantitative estimate of drug-likeness (QED) is 0.321. The van der Waals surface area contributed by atoms with Gasteiger partial charge in [0, 0.05) is 42.6 Å². The first kappa shape index (κ1) is 25.2. The summed E-state index contributed by atoms with van der Waals surface area (Å²) in [7, 11) is 1.22. The minimum Gasteiger partial charge on any atom is -0.755 e. The summed E-state index contributed by atoms with van der Waals surface area (Å²) >= 11 is -2.66. The van der Waals surface area contributed by atoms with Crippen molar-refractivity contribution in [3.63, 3.8) is 0 Å². The molecule has 0 aliphatic heterocycles. The number of alkyl halides is 3. The summed E-state index contributed by atoms with van der Waals surface area (Å²) < 4.78 is 63.8. The van der Waals surface area contributed by atoms with Gasteiger partial charge >= 0.3 is 6.18 Å². The van der Waals surface area contributed by atoms with Gasteiger partial charge in [-0.15, -0.1) is 0 Å². The zero-order chi connectivity index (χ0) is 24.9. The highest BCUT2D eigenvalue weighted by atomic mass is 32.2. The molecule has 3 rings (SSSR count). The van der Waals surface area contributed by atoms with Crippen molar-refractivity contribution in [1.82, 2.24) is 19.9 Å². The van der Waals surface area contributed by atoms with E-state index >= 15 is 0 Å². The Morgan fingerprint density at radius 1 is 1.18 bits per heavy atom. The van der Waals surface area contributed by atoms with E-state index in [2.05, 4.69) is 30.6 Å². The number of halogens is 3. The molecule has 4 N–H and O–H groups in total. The van der Waals surface area contributed by atoms with Crippen molar-refractivity contribution in [2.75, 3.05) is 28.6 Å². The molecular formula is C19H19F3N7O4S-. The SMILES string of the molecule is CN(c1nccnc1CNc1nc(Nc2ccc(C(O)CO)cc2)ncc1C(F)(F)F)S(=O)[O-]. The van der Waals surface area contributed by atoms with Crippen molar-refractivity contribution in [3.05, 3.63) is 59.7 Å². The van der Waals surface area contributed by atoms with Crippen LogP contribution in [-0.4, -0.2) is 52.6 Å². The molecule has 0 spiro atoms. The molecule has 0 radical (unpaired) electrons. The molecule has 2 unspecified atom stereocenters. The molecular weight excluding hydrogens is 479 g/mol. The summed E-state index contributed by atoms with van der Waals surface area (Å²) in [5.41, 5.74) is -0.179. The minimum atomic E-state index is -4.76. The van der Waals surface area contributed by atoms with Gasteiger partial charge in [0.05, 0.1) is 13.2 Å². The number of aliphatic hydroxyl groups is 2. The molecule has 2 aromatic heterocycles. The monoisotopic (exact) mass is 498 g/mol. The standard InChI is InChI=1S/C19H20F3N7O4S/c1-29(34(32)33)17-14(23-6-7-24-17)9-25-16-13(19(20,21)22)8-26-18(28-16)27-12-4-2-11(3-5-12)15(31)10-30/h2-8,15,30-31H,9-10H2,1H3,(H,32,33)(H2,25,26,27,28)/p-1. The Balaban J connectivity index is 1.85. The molecule has 0 fully saturated rings. The van der Waals surface area contributed by atoms with Gasteiger partial charge in [-0.1, -0.05) is 12.1 Å². The minimum absolute atomic E-state index is 0.0607. The number of hydrogen-bond donors (Lipinski definition) is 4. The molecule has 0 aliphatic carbocycles. The van der Waals surface area contributed by atoms with E-state index in [1.165, 1.54) is 43.7 Å². The first-order valence-corrected chi connectivity index (χ1v) is 10.6. The van der Waals surface area contributed by atoms with Gasteiger partial charge in [-0.3, -0.25) is 13.5 Å². The van der Waals surface area contributed by atoms with Crippen LogP contribution in [0, 0.1) is 0 Å². The first-order chi connectivity index (χ1) is 16.1. The van der Waals surface area contributed by atoms with Crippen LogP contribution in [0.2, 0.25) is 0 Å². The van der Waals surface area contributed by atoms with E-state index in [0.717, 1.165) is 4.31 Å². The van der Waals surface area contributed by atoms with Gasteiger partial charge in [0.15, 0.2) is 5.82 Å². The zero-order valence-electron chi connectivity index (χ0n) is 17.5. The van der Waals surface area contributed by atoms with E-state index in [-0.39, 0.29) is 24.0 Å². The van der Waals surface area contributed by atoms with E-state index in [1.807, 2.05) is 0 Å². The van der Waals surface area contributed by atoms with Crippen molar-refractivity contribution >= 4 is 34.5 Å². The summed E-state index contributed by atoms with van der Waals surface area (Å²) in [4.78, 5) is 15.5. The number of hydrogen-bond acceptors (Lipinski definition) is 10. The smallest absolute Gasteiger partial charge is 0.421 e. The van der Waals surface area contributed by atoms with E-state index in [9.17, 15) is 27.0 Å². The van der Waals surface area contributed by atoms with Crippen molar-refractivity contribution in [3.8, 4) is 0 Å². The molecule has 11 nitrogen and oxygen atoms in total. The molecule has 0 saturated heterocycles. The number of rotatable bonds is 9. The van der Waals surface area contributed by atoms with Crippen molar-refractivity contribution in [2.24, 2.45) is 0 Å². The van der Waals surface area contributed by atoms with Crippen molar-refractivity contribution < 1.29 is 32.1 Å². The maximum atomic E-state index is 13.5. The lowest BCUT2D eigenvalue weighted by atomic mass is 10.1. The lowest BCUT2D eigenvalue weighted by Gasteiger charge is -2.22. The van der Waals surface area contributed by atoms with E-state index < -0.39 is 41.5 Å². The number of anilines is 4. The largest absolute Gasteiger partial charge is 0.755 e. The summed E-state index contributed by atoms with van der Waals surface area (Å²) in [6.45, 7) is -0.768. The molecule has 182 valence electrons. The predicted octanol–water partition coefficient (Wildman–Crippen LogP) is 1.90. The fourth-order valence-corrected chi connectivity index (χ4v) is 3.09. The van der Waals surface area contributed by atoms with Crippen LogP contribution in [0.5, 0.6) is 0 Å². The average Bonchev–Trinajstić information content (AvgIpc) is 2.81. The van der Waals surface area contributed by atoms with Crippen LogP contribution in [-0.2, 0) is 24.0 Å². The number of nitrogens with one attached hydrogen (secondary N) is 2. The Hall–Kier alpha value is -3.40. The van der Waals surface area contributed by atoms with E-state index in [1.54, 1.807) is 0 Å². The normalized spacial score (nSPS) is 13.3. The summed E-state index contributed by atoms with van der Waals surface area (Å²) in [5, 5.41) is 23.9. The molecule has 2 heterocycles. The molecule has 0 aliphatic rings. The highest BCUT2D eigenvalue weighted by Gasteiger charge is 2.35. The Morgan fingerprint density at radius 2 is 1.85 bits per heavy atom. The van der Waals surface area contributed by atoms with Crippen LogP contribution < -0.4 is 14.9 Å². The van der Waals surface area contributed by atoms with E-state index in [0.29, 0.717) is 17.4 Å². The molecule has 0 saturated carbocycles. The molecule has 0 bridgehead atoms. The van der Waals surface area contributed by atoms with Gasteiger partial charge < -0.3 is 25.4 Å². The van der Waals surface area contributed by atoms with Crippen molar-refractivity contribution in [1.29, 1.82) is 0 Å². The fraction of sp³-hybridized carbons (Fsp3) is 0.263. The maximum Gasteiger partial charge on any atom is 0.421 e. The molecule has 2 atom stereocenters. The van der Waals surface area contributed by atoms with Gasteiger partial charge in [0.1, 0.15) is 23.2 Å². The second-order valence-electron chi connectivity index (χ2n) is 6.79. The van der Waals surface area contributed by atoms with E-state index in [4.69, 9.17) is 5.11 Å². The summed E-state index contributed by atoms with van der Waals surface area (Å²) in [6.07, 6.45) is -2.69. The fourth-order valence-electron chi connectivity index (χ4n) is 2.79. The molecule has 3 aromatic rings. The van der Waals surface area contributed by atoms with Gasteiger partial charge in [0.2, 0.25) is 5.95 Å². The Morgan fingerprint density at radius 3 is 2.47 bits per heavy atom. The topological polar surface area (TPSA) is 159 Å². The predicted molar refractivity (Wildman–Crippen MR) is 115 cm³/mol. The number of benzene rings is 1. The number of nitrogens with zero attached hydrogens (tertiary/aromatic N) is 5. The second kappa shape index (κ2) is 10.7. The molecule has 0 amide bonds. The van der Waals surface area contributed by atoms with Crippen LogP contribution in [0.25, 0.3) is 0 Å². The van der Waals surface area contributed by atoms with Crippen LogP contribution in [0.1, 0.15) is 22.9 Å². The first-order valence-electron chi connectivity index (χ1n) is 9.57. The van der Waals surface area contributed by atoms with Crippen LogP contribution in [0.15, 0.2) is 42.9 Å². The van der Waals surface area contributed by atoms with Gasteiger partial charge in [-0.25, -0.2) is 9.97 Å². The summed E-state index contributed by atoms with van der Waals surface area (Å²) in [5.74, 6) is -0.766. The van der Waals surface area contributed by atoms with Gasteiger partial charge in [-0.05, 0) is 17.7 Å².